The van der Waals surface area contributed by atoms with Crippen LogP contribution in [-0.4, -0.2) is 29.5 Å². The molecule has 0 aliphatic carbocycles. The molecule has 3 aromatic heterocycles. The van der Waals surface area contributed by atoms with E-state index in [-0.39, 0.29) is 0 Å². The van der Waals surface area contributed by atoms with Crippen LogP contribution in [0.5, 0.6) is 0 Å². The van der Waals surface area contributed by atoms with Gasteiger partial charge in [-0.25, -0.2) is 15.0 Å². The fourth-order valence-electron chi connectivity index (χ4n) is 7.13. The number of aromatic nitrogens is 6. The second kappa shape index (κ2) is 10.9. The second-order valence-electron chi connectivity index (χ2n) is 12.1. The van der Waals surface area contributed by atoms with Crippen molar-refractivity contribution in [2.75, 3.05) is 0 Å². The van der Waals surface area contributed by atoms with Gasteiger partial charge in [0, 0.05) is 61.7 Å². The van der Waals surface area contributed by atoms with Crippen LogP contribution >= 0.6 is 0 Å². The largest absolute Gasteiger partial charge is 0.309 e. The molecule has 0 spiro atoms. The van der Waals surface area contributed by atoms with Crippen LogP contribution in [0.15, 0.2) is 158 Å². The SMILES string of the molecule is c1ccc(-c2nc(-c3ccccc3)nc(-c3ccc(-n4c5ccccc5c5ccc6c7nccnc7c7ccccc7c6c54)cc3)n2)cc1. The summed E-state index contributed by atoms with van der Waals surface area (Å²) >= 11 is 0. The summed E-state index contributed by atoms with van der Waals surface area (Å²) in [7, 11) is 0. The highest BCUT2D eigenvalue weighted by atomic mass is 15.0. The van der Waals surface area contributed by atoms with E-state index < -0.39 is 0 Å². The normalized spacial score (nSPS) is 11.7. The molecule has 0 atom stereocenters. The molecule has 0 radical (unpaired) electrons. The molecule has 3 heterocycles. The molecule has 10 aromatic rings. The molecule has 6 heteroatoms. The summed E-state index contributed by atoms with van der Waals surface area (Å²) in [6.07, 6.45) is 3.55. The van der Waals surface area contributed by atoms with E-state index in [2.05, 4.69) is 89.5 Å². The van der Waals surface area contributed by atoms with Crippen LogP contribution in [0.4, 0.5) is 0 Å². The average molecular weight is 627 g/mol. The number of hydrogen-bond acceptors (Lipinski definition) is 5. The Labute approximate surface area is 281 Å². The van der Waals surface area contributed by atoms with Crippen molar-refractivity contribution in [1.82, 2.24) is 29.5 Å². The molecule has 0 unspecified atom stereocenters. The van der Waals surface area contributed by atoms with Crippen molar-refractivity contribution in [1.29, 1.82) is 0 Å². The first-order valence-corrected chi connectivity index (χ1v) is 16.3. The highest BCUT2D eigenvalue weighted by Gasteiger charge is 2.20. The van der Waals surface area contributed by atoms with Gasteiger partial charge in [0.1, 0.15) is 0 Å². The van der Waals surface area contributed by atoms with Crippen LogP contribution < -0.4 is 0 Å². The molecule has 0 aliphatic rings. The van der Waals surface area contributed by atoms with Gasteiger partial charge in [0.25, 0.3) is 0 Å². The Kier molecular flexibility index (Phi) is 6.08. The zero-order valence-corrected chi connectivity index (χ0v) is 26.2. The van der Waals surface area contributed by atoms with Crippen LogP contribution in [0.2, 0.25) is 0 Å². The third kappa shape index (κ3) is 4.31. The van der Waals surface area contributed by atoms with Crippen LogP contribution in [0.25, 0.3) is 94.2 Å². The van der Waals surface area contributed by atoms with Crippen LogP contribution in [0.1, 0.15) is 0 Å². The first-order chi connectivity index (χ1) is 24.3. The Balaban J connectivity index is 1.22. The van der Waals surface area contributed by atoms with E-state index in [1.807, 2.05) is 60.7 Å². The fourth-order valence-corrected chi connectivity index (χ4v) is 7.13. The molecule has 0 saturated carbocycles. The Morgan fingerprint density at radius 3 is 1.49 bits per heavy atom. The summed E-state index contributed by atoms with van der Waals surface area (Å²) in [5.74, 6) is 1.91. The standard InChI is InChI=1S/C43H26N6/c1-3-11-27(12-4-1)41-46-42(28-13-5-2-6-14-28)48-43(47-41)29-19-21-30(22-20-29)49-36-18-10-9-15-31(36)34-23-24-35-37(40(34)49)32-16-7-8-17-33(32)38-39(35)45-26-25-44-38/h1-26H. The first kappa shape index (κ1) is 27.3. The van der Waals surface area contributed by atoms with Gasteiger partial charge >= 0.3 is 0 Å². The van der Waals surface area contributed by atoms with Crippen LogP contribution in [0, 0.1) is 0 Å². The van der Waals surface area contributed by atoms with Crippen molar-refractivity contribution in [3.63, 3.8) is 0 Å². The number of hydrogen-bond donors (Lipinski definition) is 0. The molecule has 7 aromatic carbocycles. The summed E-state index contributed by atoms with van der Waals surface area (Å²) in [6, 6.07) is 50.3. The van der Waals surface area contributed by atoms with Gasteiger partial charge in [-0.2, -0.15) is 0 Å². The molecule has 10 rings (SSSR count). The highest BCUT2D eigenvalue weighted by Crippen LogP contribution is 2.42. The maximum absolute atomic E-state index is 4.95. The summed E-state index contributed by atoms with van der Waals surface area (Å²) in [4.78, 5) is 24.4. The van der Waals surface area contributed by atoms with E-state index in [9.17, 15) is 0 Å². The van der Waals surface area contributed by atoms with Gasteiger partial charge < -0.3 is 4.57 Å². The van der Waals surface area contributed by atoms with Crippen molar-refractivity contribution in [2.24, 2.45) is 0 Å². The van der Waals surface area contributed by atoms with Crippen molar-refractivity contribution >= 4 is 54.4 Å². The van der Waals surface area contributed by atoms with Crippen molar-refractivity contribution < 1.29 is 0 Å². The average Bonchev–Trinajstić information content (AvgIpc) is 3.53. The predicted octanol–water partition coefficient (Wildman–Crippen LogP) is 10.2. The molecule has 0 aliphatic heterocycles. The lowest BCUT2D eigenvalue weighted by Gasteiger charge is -2.14. The lowest BCUT2D eigenvalue weighted by molar-refractivity contribution is 1.07. The molecule has 228 valence electrons. The van der Waals surface area contributed by atoms with Crippen molar-refractivity contribution in [3.05, 3.63) is 158 Å². The smallest absolute Gasteiger partial charge is 0.164 e. The molecule has 6 nitrogen and oxygen atoms in total. The summed E-state index contributed by atoms with van der Waals surface area (Å²) in [6.45, 7) is 0. The fraction of sp³-hybridized carbons (Fsp3) is 0. The van der Waals surface area contributed by atoms with Gasteiger partial charge in [0.15, 0.2) is 17.5 Å². The third-order valence-corrected chi connectivity index (χ3v) is 9.32. The summed E-state index contributed by atoms with van der Waals surface area (Å²) < 4.78 is 2.38. The summed E-state index contributed by atoms with van der Waals surface area (Å²) in [5.41, 5.74) is 7.96. The Hall–Kier alpha value is -6.79. The van der Waals surface area contributed by atoms with E-state index >= 15 is 0 Å². The van der Waals surface area contributed by atoms with Crippen LogP contribution in [-0.2, 0) is 0 Å². The van der Waals surface area contributed by atoms with E-state index in [0.717, 1.165) is 60.6 Å². The molecule has 0 bridgehead atoms. The molecule has 0 amide bonds. The van der Waals surface area contributed by atoms with Gasteiger partial charge in [0.2, 0.25) is 0 Å². The molecule has 0 N–H and O–H groups in total. The van der Waals surface area contributed by atoms with E-state index in [1.54, 1.807) is 12.4 Å². The topological polar surface area (TPSA) is 69.4 Å². The highest BCUT2D eigenvalue weighted by molar-refractivity contribution is 6.32. The van der Waals surface area contributed by atoms with Gasteiger partial charge in [-0.05, 0) is 35.7 Å². The Morgan fingerprint density at radius 2 is 0.857 bits per heavy atom. The lowest BCUT2D eigenvalue weighted by atomic mass is 9.97. The van der Waals surface area contributed by atoms with Gasteiger partial charge in [-0.1, -0.05) is 115 Å². The maximum atomic E-state index is 4.95. The number of fused-ring (bicyclic) bond motifs is 10. The molecule has 0 saturated heterocycles. The van der Waals surface area contributed by atoms with E-state index in [4.69, 9.17) is 24.9 Å². The first-order valence-electron chi connectivity index (χ1n) is 16.3. The molecular formula is C43H26N6. The minimum Gasteiger partial charge on any atom is -0.309 e. The zero-order valence-electron chi connectivity index (χ0n) is 26.2. The number of rotatable bonds is 4. The minimum absolute atomic E-state index is 0.628. The number of benzene rings is 7. The summed E-state index contributed by atoms with van der Waals surface area (Å²) in [5, 5.41) is 6.89. The predicted molar refractivity (Wildman–Crippen MR) is 199 cm³/mol. The van der Waals surface area contributed by atoms with Gasteiger partial charge in [0.05, 0.1) is 22.1 Å². The zero-order chi connectivity index (χ0) is 32.3. The van der Waals surface area contributed by atoms with E-state index in [1.165, 1.54) is 16.2 Å². The minimum atomic E-state index is 0.628. The quantitative estimate of drug-likeness (QED) is 0.182. The number of para-hydroxylation sites is 1. The van der Waals surface area contributed by atoms with Crippen molar-refractivity contribution in [2.45, 2.75) is 0 Å². The van der Waals surface area contributed by atoms with Crippen LogP contribution in [0.3, 0.4) is 0 Å². The van der Waals surface area contributed by atoms with Gasteiger partial charge in [-0.15, -0.1) is 0 Å². The van der Waals surface area contributed by atoms with E-state index in [0.29, 0.717) is 17.5 Å². The Morgan fingerprint density at radius 1 is 0.367 bits per heavy atom. The third-order valence-electron chi connectivity index (χ3n) is 9.32. The van der Waals surface area contributed by atoms with Gasteiger partial charge in [-0.3, -0.25) is 9.97 Å². The molecule has 0 fully saturated rings. The second-order valence-corrected chi connectivity index (χ2v) is 12.1. The van der Waals surface area contributed by atoms with Crippen molar-refractivity contribution in [3.8, 4) is 39.9 Å². The number of nitrogens with zero attached hydrogens (tertiary/aromatic N) is 6. The Bertz CT molecular complexity index is 2770. The maximum Gasteiger partial charge on any atom is 0.164 e. The monoisotopic (exact) mass is 626 g/mol. The molecule has 49 heavy (non-hydrogen) atoms. The lowest BCUT2D eigenvalue weighted by Crippen LogP contribution is -2.00. The molecular weight excluding hydrogens is 601 g/mol.